The molecule has 0 bridgehead atoms. The van der Waals surface area contributed by atoms with Crippen molar-refractivity contribution in [3.8, 4) is 0 Å². The molecule has 14 heavy (non-hydrogen) atoms. The predicted molar refractivity (Wildman–Crippen MR) is 54.5 cm³/mol. The SMILES string of the molecule is Cc1cnc(CC(C)C)c(C(=O)O)c1. The quantitative estimate of drug-likeness (QED) is 0.801. The Kier molecular flexibility index (Phi) is 3.23. The van der Waals surface area contributed by atoms with Gasteiger partial charge in [-0.2, -0.15) is 0 Å². The van der Waals surface area contributed by atoms with Crippen molar-refractivity contribution >= 4 is 5.97 Å². The maximum absolute atomic E-state index is 10.9. The first kappa shape index (κ1) is 10.7. The van der Waals surface area contributed by atoms with Gasteiger partial charge in [-0.05, 0) is 30.9 Å². The number of hydrogen-bond acceptors (Lipinski definition) is 2. The van der Waals surface area contributed by atoms with Gasteiger partial charge in [0.1, 0.15) is 0 Å². The smallest absolute Gasteiger partial charge is 0.337 e. The number of aromatic carboxylic acids is 1. The second-order valence-electron chi connectivity index (χ2n) is 3.91. The molecule has 0 aromatic carbocycles. The first-order valence-corrected chi connectivity index (χ1v) is 4.69. The Morgan fingerprint density at radius 3 is 2.71 bits per heavy atom. The second-order valence-corrected chi connectivity index (χ2v) is 3.91. The molecule has 1 rings (SSSR count). The minimum atomic E-state index is -0.892. The van der Waals surface area contributed by atoms with Crippen LogP contribution in [0.4, 0.5) is 0 Å². The van der Waals surface area contributed by atoms with Crippen molar-refractivity contribution in [1.82, 2.24) is 4.98 Å². The fraction of sp³-hybridized carbons (Fsp3) is 0.455. The molecule has 0 aliphatic rings. The summed E-state index contributed by atoms with van der Waals surface area (Å²) in [5.74, 6) is -0.472. The van der Waals surface area contributed by atoms with E-state index in [2.05, 4.69) is 4.98 Å². The Hall–Kier alpha value is -1.38. The normalized spacial score (nSPS) is 10.6. The van der Waals surface area contributed by atoms with Gasteiger partial charge in [0.15, 0.2) is 0 Å². The lowest BCUT2D eigenvalue weighted by Crippen LogP contribution is -2.08. The molecule has 0 unspecified atom stereocenters. The van der Waals surface area contributed by atoms with Gasteiger partial charge in [0.2, 0.25) is 0 Å². The van der Waals surface area contributed by atoms with Gasteiger partial charge in [-0.15, -0.1) is 0 Å². The van der Waals surface area contributed by atoms with E-state index in [9.17, 15) is 4.79 Å². The largest absolute Gasteiger partial charge is 0.478 e. The summed E-state index contributed by atoms with van der Waals surface area (Å²) in [6, 6.07) is 1.67. The van der Waals surface area contributed by atoms with E-state index < -0.39 is 5.97 Å². The summed E-state index contributed by atoms with van der Waals surface area (Å²) < 4.78 is 0. The zero-order valence-corrected chi connectivity index (χ0v) is 8.74. The lowest BCUT2D eigenvalue weighted by molar-refractivity contribution is 0.0695. The average molecular weight is 193 g/mol. The zero-order valence-electron chi connectivity index (χ0n) is 8.74. The summed E-state index contributed by atoms with van der Waals surface area (Å²) in [4.78, 5) is 15.1. The molecule has 0 spiro atoms. The molecule has 0 atom stereocenters. The third kappa shape index (κ3) is 2.55. The molecule has 1 N–H and O–H groups in total. The lowest BCUT2D eigenvalue weighted by Gasteiger charge is -2.07. The summed E-state index contributed by atoms with van der Waals surface area (Å²) in [5.41, 5.74) is 1.90. The second kappa shape index (κ2) is 4.22. The number of carbonyl (C=O) groups is 1. The van der Waals surface area contributed by atoms with E-state index in [0.717, 1.165) is 5.56 Å². The van der Waals surface area contributed by atoms with E-state index in [4.69, 9.17) is 5.11 Å². The highest BCUT2D eigenvalue weighted by molar-refractivity contribution is 5.89. The number of carboxylic acids is 1. The van der Waals surface area contributed by atoms with Crippen molar-refractivity contribution in [2.75, 3.05) is 0 Å². The summed E-state index contributed by atoms with van der Waals surface area (Å²) in [6.45, 7) is 5.94. The molecule has 0 aliphatic carbocycles. The fourth-order valence-electron chi connectivity index (χ4n) is 1.33. The molecule has 3 heteroatoms. The van der Waals surface area contributed by atoms with Crippen molar-refractivity contribution in [1.29, 1.82) is 0 Å². The Morgan fingerprint density at radius 1 is 1.57 bits per heavy atom. The summed E-state index contributed by atoms with van der Waals surface area (Å²) >= 11 is 0. The molecule has 76 valence electrons. The third-order valence-electron chi connectivity index (χ3n) is 1.94. The number of aromatic nitrogens is 1. The van der Waals surface area contributed by atoms with Crippen LogP contribution in [-0.4, -0.2) is 16.1 Å². The minimum Gasteiger partial charge on any atom is -0.478 e. The van der Waals surface area contributed by atoms with E-state index in [1.54, 1.807) is 12.3 Å². The molecular weight excluding hydrogens is 178 g/mol. The molecule has 0 aliphatic heterocycles. The van der Waals surface area contributed by atoms with E-state index in [-0.39, 0.29) is 0 Å². The van der Waals surface area contributed by atoms with Crippen molar-refractivity contribution in [3.05, 3.63) is 29.1 Å². The number of hydrogen-bond donors (Lipinski definition) is 1. The van der Waals surface area contributed by atoms with Gasteiger partial charge in [-0.1, -0.05) is 13.8 Å². The number of rotatable bonds is 3. The topological polar surface area (TPSA) is 50.2 Å². The molecule has 0 radical (unpaired) electrons. The van der Waals surface area contributed by atoms with Crippen LogP contribution in [0.5, 0.6) is 0 Å². The third-order valence-corrected chi connectivity index (χ3v) is 1.94. The first-order valence-electron chi connectivity index (χ1n) is 4.69. The average Bonchev–Trinajstić information content (AvgIpc) is 2.07. The van der Waals surface area contributed by atoms with Crippen LogP contribution in [0, 0.1) is 12.8 Å². The van der Waals surface area contributed by atoms with Crippen LogP contribution in [0.15, 0.2) is 12.3 Å². The van der Waals surface area contributed by atoms with Gasteiger partial charge in [0, 0.05) is 6.20 Å². The molecule has 1 aromatic heterocycles. The highest BCUT2D eigenvalue weighted by atomic mass is 16.4. The van der Waals surface area contributed by atoms with Gasteiger partial charge in [-0.25, -0.2) is 4.79 Å². The Morgan fingerprint density at radius 2 is 2.21 bits per heavy atom. The Bertz CT molecular complexity index is 345. The van der Waals surface area contributed by atoms with Crippen molar-refractivity contribution in [3.63, 3.8) is 0 Å². The molecule has 0 fully saturated rings. The van der Waals surface area contributed by atoms with Crippen LogP contribution in [0.3, 0.4) is 0 Å². The van der Waals surface area contributed by atoms with E-state index in [1.807, 2.05) is 20.8 Å². The minimum absolute atomic E-state index is 0.332. The van der Waals surface area contributed by atoms with Crippen LogP contribution in [0.2, 0.25) is 0 Å². The van der Waals surface area contributed by atoms with Crippen LogP contribution in [0.1, 0.15) is 35.5 Å². The predicted octanol–water partition coefficient (Wildman–Crippen LogP) is 2.29. The van der Waals surface area contributed by atoms with Crippen molar-refractivity contribution < 1.29 is 9.90 Å². The standard InChI is InChI=1S/C11H15NO2/c1-7(2)4-10-9(11(13)14)5-8(3)6-12-10/h5-7H,4H2,1-3H3,(H,13,14). The monoisotopic (exact) mass is 193 g/mol. The van der Waals surface area contributed by atoms with Gasteiger partial charge >= 0.3 is 5.97 Å². The lowest BCUT2D eigenvalue weighted by atomic mass is 10.0. The number of carboxylic acid groups (broad SMARTS) is 1. The Balaban J connectivity index is 3.08. The highest BCUT2D eigenvalue weighted by Gasteiger charge is 2.12. The van der Waals surface area contributed by atoms with E-state index in [0.29, 0.717) is 23.6 Å². The number of pyridine rings is 1. The van der Waals surface area contributed by atoms with Crippen LogP contribution >= 0.6 is 0 Å². The Labute approximate surface area is 83.8 Å². The first-order chi connectivity index (χ1) is 6.50. The summed E-state index contributed by atoms with van der Waals surface area (Å²) in [5, 5.41) is 8.96. The zero-order chi connectivity index (χ0) is 10.7. The number of nitrogens with zero attached hydrogens (tertiary/aromatic N) is 1. The van der Waals surface area contributed by atoms with Gasteiger partial charge in [0.05, 0.1) is 11.3 Å². The molecule has 0 saturated carbocycles. The molecule has 1 aromatic rings. The molecule has 0 saturated heterocycles. The summed E-state index contributed by atoms with van der Waals surface area (Å²) in [6.07, 6.45) is 2.42. The fourth-order valence-corrected chi connectivity index (χ4v) is 1.33. The van der Waals surface area contributed by atoms with Crippen molar-refractivity contribution in [2.45, 2.75) is 27.2 Å². The molecule has 0 amide bonds. The summed E-state index contributed by atoms with van der Waals surface area (Å²) in [7, 11) is 0. The number of aryl methyl sites for hydroxylation is 1. The van der Waals surface area contributed by atoms with Gasteiger partial charge in [0.25, 0.3) is 0 Å². The maximum atomic E-state index is 10.9. The van der Waals surface area contributed by atoms with Gasteiger partial charge in [-0.3, -0.25) is 4.98 Å². The molecule has 3 nitrogen and oxygen atoms in total. The maximum Gasteiger partial charge on any atom is 0.337 e. The van der Waals surface area contributed by atoms with Gasteiger partial charge < -0.3 is 5.11 Å². The highest BCUT2D eigenvalue weighted by Crippen LogP contribution is 2.12. The van der Waals surface area contributed by atoms with E-state index in [1.165, 1.54) is 0 Å². The van der Waals surface area contributed by atoms with Crippen LogP contribution < -0.4 is 0 Å². The molecule has 1 heterocycles. The molecular formula is C11H15NO2. The van der Waals surface area contributed by atoms with Crippen molar-refractivity contribution in [2.24, 2.45) is 5.92 Å². The van der Waals surface area contributed by atoms with Crippen LogP contribution in [0.25, 0.3) is 0 Å². The van der Waals surface area contributed by atoms with E-state index >= 15 is 0 Å². The van der Waals surface area contributed by atoms with Crippen LogP contribution in [-0.2, 0) is 6.42 Å².